The molecule has 0 aliphatic carbocycles. The first-order valence-corrected chi connectivity index (χ1v) is 7.07. The van der Waals surface area contributed by atoms with E-state index in [9.17, 15) is 0 Å². The molecule has 5 heteroatoms. The van der Waals surface area contributed by atoms with E-state index in [-0.39, 0.29) is 0 Å². The van der Waals surface area contributed by atoms with Crippen LogP contribution in [0.1, 0.15) is 5.56 Å². The Morgan fingerprint density at radius 2 is 1.39 bits per heavy atom. The Labute approximate surface area is 130 Å². The number of hydrogen-bond donors (Lipinski definition) is 0. The number of hydrogen-bond acceptors (Lipinski definition) is 0. The van der Waals surface area contributed by atoms with Crippen LogP contribution in [0.4, 0.5) is 0 Å². The van der Waals surface area contributed by atoms with Crippen LogP contribution in [0.15, 0.2) is 30.3 Å². The molecule has 0 saturated carbocycles. The summed E-state index contributed by atoms with van der Waals surface area (Å²) in [4.78, 5) is 0. The van der Waals surface area contributed by atoms with Crippen LogP contribution in [0, 0.1) is 0 Å². The van der Waals surface area contributed by atoms with Crippen molar-refractivity contribution in [2.24, 2.45) is 0 Å². The predicted molar refractivity (Wildman–Crippen MR) is 81.5 cm³/mol. The highest BCUT2D eigenvalue weighted by Gasteiger charge is 2.09. The summed E-state index contributed by atoms with van der Waals surface area (Å²) in [5.41, 5.74) is 2.53. The van der Waals surface area contributed by atoms with E-state index in [1.807, 2.05) is 18.2 Å². The molecule has 0 aliphatic heterocycles. The topological polar surface area (TPSA) is 0 Å². The molecule has 94 valence electrons. The van der Waals surface area contributed by atoms with Gasteiger partial charge in [-0.05, 0) is 29.3 Å². The Kier molecular flexibility index (Phi) is 4.69. The van der Waals surface area contributed by atoms with Crippen molar-refractivity contribution in [3.8, 4) is 11.1 Å². The van der Waals surface area contributed by atoms with Crippen molar-refractivity contribution in [2.75, 3.05) is 0 Å². The maximum absolute atomic E-state index is 6.15. The third-order valence-electron chi connectivity index (χ3n) is 2.52. The summed E-state index contributed by atoms with van der Waals surface area (Å²) in [7, 11) is 0. The number of benzene rings is 2. The van der Waals surface area contributed by atoms with Crippen molar-refractivity contribution in [2.45, 2.75) is 5.88 Å². The minimum absolute atomic E-state index is 0.369. The largest absolute Gasteiger partial charge is 0.121 e. The lowest BCUT2D eigenvalue weighted by Crippen LogP contribution is -1.85. The van der Waals surface area contributed by atoms with Crippen molar-refractivity contribution >= 4 is 58.0 Å². The number of rotatable bonds is 2. The molecular formula is C13H7Cl5. The molecule has 0 unspecified atom stereocenters. The highest BCUT2D eigenvalue weighted by atomic mass is 35.5. The van der Waals surface area contributed by atoms with Gasteiger partial charge in [0, 0.05) is 21.5 Å². The Hall–Kier alpha value is -0.110. The van der Waals surface area contributed by atoms with E-state index >= 15 is 0 Å². The molecule has 2 aromatic rings. The summed E-state index contributed by atoms with van der Waals surface area (Å²) in [6.45, 7) is 0. The second-order valence-electron chi connectivity index (χ2n) is 3.69. The average Bonchev–Trinajstić information content (AvgIpc) is 2.33. The second-order valence-corrected chi connectivity index (χ2v) is 5.58. The third-order valence-corrected chi connectivity index (χ3v) is 4.19. The molecule has 0 spiro atoms. The predicted octanol–water partition coefficient (Wildman–Crippen LogP) is 6.71. The summed E-state index contributed by atoms with van der Waals surface area (Å²) in [6, 6.07) is 8.91. The minimum atomic E-state index is 0.369. The van der Waals surface area contributed by atoms with Gasteiger partial charge in [-0.15, -0.1) is 11.6 Å². The Morgan fingerprint density at radius 3 is 2.00 bits per heavy atom. The van der Waals surface area contributed by atoms with Crippen LogP contribution in [0.5, 0.6) is 0 Å². The molecule has 0 saturated heterocycles. The SMILES string of the molecule is ClCc1ccc(-c2cc(Cl)c(Cl)cc2Cl)cc1Cl. The fraction of sp³-hybridized carbons (Fsp3) is 0.0769. The maximum atomic E-state index is 6.15. The summed E-state index contributed by atoms with van der Waals surface area (Å²) in [5.74, 6) is 0.369. The van der Waals surface area contributed by atoms with Crippen LogP contribution < -0.4 is 0 Å². The first-order chi connectivity index (χ1) is 8.52. The summed E-state index contributed by atoms with van der Waals surface area (Å²) in [5, 5.41) is 2.01. The van der Waals surface area contributed by atoms with E-state index in [0.29, 0.717) is 26.0 Å². The third kappa shape index (κ3) is 2.89. The van der Waals surface area contributed by atoms with Gasteiger partial charge in [-0.2, -0.15) is 0 Å². The van der Waals surface area contributed by atoms with E-state index in [2.05, 4.69) is 0 Å². The molecule has 0 aromatic heterocycles. The molecule has 2 rings (SSSR count). The Balaban J connectivity index is 2.55. The molecule has 2 aromatic carbocycles. The molecule has 0 N–H and O–H groups in total. The first kappa shape index (κ1) is 14.3. The van der Waals surface area contributed by atoms with Crippen LogP contribution in [0.25, 0.3) is 11.1 Å². The highest BCUT2D eigenvalue weighted by Crippen LogP contribution is 2.36. The molecule has 0 atom stereocenters. The lowest BCUT2D eigenvalue weighted by Gasteiger charge is -2.09. The van der Waals surface area contributed by atoms with Crippen molar-refractivity contribution in [1.29, 1.82) is 0 Å². The van der Waals surface area contributed by atoms with Crippen molar-refractivity contribution in [3.05, 3.63) is 56.0 Å². The van der Waals surface area contributed by atoms with Crippen LogP contribution >= 0.6 is 58.0 Å². The van der Waals surface area contributed by atoms with E-state index in [4.69, 9.17) is 58.0 Å². The zero-order chi connectivity index (χ0) is 13.3. The van der Waals surface area contributed by atoms with Crippen molar-refractivity contribution < 1.29 is 0 Å². The quantitative estimate of drug-likeness (QED) is 0.421. The van der Waals surface area contributed by atoms with Gasteiger partial charge in [0.15, 0.2) is 0 Å². The second kappa shape index (κ2) is 5.90. The standard InChI is InChI=1S/C13H7Cl5/c14-6-8-2-1-7(3-10(8)15)9-4-12(17)13(18)5-11(9)16/h1-5H,6H2. The number of alkyl halides is 1. The van der Waals surface area contributed by atoms with E-state index in [0.717, 1.165) is 16.7 Å². The van der Waals surface area contributed by atoms with Crippen molar-refractivity contribution in [3.63, 3.8) is 0 Å². The Bertz CT molecular complexity index is 592. The van der Waals surface area contributed by atoms with Gasteiger partial charge >= 0.3 is 0 Å². The van der Waals surface area contributed by atoms with Gasteiger partial charge in [0.2, 0.25) is 0 Å². The zero-order valence-corrected chi connectivity index (χ0v) is 12.8. The molecule has 18 heavy (non-hydrogen) atoms. The lowest BCUT2D eigenvalue weighted by molar-refractivity contribution is 1.40. The summed E-state index contributed by atoms with van der Waals surface area (Å²) in [6.07, 6.45) is 0. The van der Waals surface area contributed by atoms with Gasteiger partial charge < -0.3 is 0 Å². The van der Waals surface area contributed by atoms with Crippen LogP contribution in [0.2, 0.25) is 20.1 Å². The molecule has 0 bridgehead atoms. The smallest absolute Gasteiger partial charge is 0.0607 e. The molecule has 0 heterocycles. The van der Waals surface area contributed by atoms with Gasteiger partial charge in [0.05, 0.1) is 10.0 Å². The fourth-order valence-electron chi connectivity index (χ4n) is 1.57. The molecule has 0 nitrogen and oxygen atoms in total. The normalized spacial score (nSPS) is 10.7. The highest BCUT2D eigenvalue weighted by molar-refractivity contribution is 6.44. The van der Waals surface area contributed by atoms with E-state index in [1.54, 1.807) is 12.1 Å². The molecular weight excluding hydrogens is 333 g/mol. The van der Waals surface area contributed by atoms with Gasteiger partial charge in [-0.25, -0.2) is 0 Å². The first-order valence-electron chi connectivity index (χ1n) is 5.02. The van der Waals surface area contributed by atoms with Gasteiger partial charge in [-0.1, -0.05) is 58.5 Å². The summed E-state index contributed by atoms with van der Waals surface area (Å²) < 4.78 is 0. The fourth-order valence-corrected chi connectivity index (χ4v) is 2.77. The average molecular weight is 340 g/mol. The van der Waals surface area contributed by atoms with Crippen LogP contribution in [-0.4, -0.2) is 0 Å². The minimum Gasteiger partial charge on any atom is -0.121 e. The molecule has 0 fully saturated rings. The summed E-state index contributed by atoms with van der Waals surface area (Å²) >= 11 is 29.9. The van der Waals surface area contributed by atoms with Gasteiger partial charge in [0.1, 0.15) is 0 Å². The van der Waals surface area contributed by atoms with Gasteiger partial charge in [-0.3, -0.25) is 0 Å². The molecule has 0 radical (unpaired) electrons. The zero-order valence-electron chi connectivity index (χ0n) is 8.98. The van der Waals surface area contributed by atoms with E-state index < -0.39 is 0 Å². The number of halogens is 5. The molecule has 0 amide bonds. The van der Waals surface area contributed by atoms with Crippen molar-refractivity contribution in [1.82, 2.24) is 0 Å². The Morgan fingerprint density at radius 1 is 0.722 bits per heavy atom. The lowest BCUT2D eigenvalue weighted by atomic mass is 10.0. The van der Waals surface area contributed by atoms with Gasteiger partial charge in [0.25, 0.3) is 0 Å². The maximum Gasteiger partial charge on any atom is 0.0607 e. The van der Waals surface area contributed by atoms with Crippen LogP contribution in [0.3, 0.4) is 0 Å². The van der Waals surface area contributed by atoms with Crippen LogP contribution in [-0.2, 0) is 5.88 Å². The monoisotopic (exact) mass is 338 g/mol. The molecule has 0 aliphatic rings. The van der Waals surface area contributed by atoms with E-state index in [1.165, 1.54) is 0 Å².